The van der Waals surface area contributed by atoms with Crippen molar-refractivity contribution in [3.8, 4) is 0 Å². The van der Waals surface area contributed by atoms with E-state index in [0.29, 0.717) is 38.8 Å². The average molecular weight is 374 g/mol. The van der Waals surface area contributed by atoms with Crippen molar-refractivity contribution in [1.82, 2.24) is 14.7 Å². The van der Waals surface area contributed by atoms with E-state index in [2.05, 4.69) is 11.8 Å². The van der Waals surface area contributed by atoms with E-state index >= 15 is 0 Å². The molecule has 0 aliphatic carbocycles. The van der Waals surface area contributed by atoms with Crippen LogP contribution in [0.5, 0.6) is 0 Å². The summed E-state index contributed by atoms with van der Waals surface area (Å²) in [5.41, 5.74) is 0. The minimum Gasteiger partial charge on any atom is -0.340 e. The molecule has 2 atom stereocenters. The molecule has 0 aromatic rings. The molecule has 0 bridgehead atoms. The number of likely N-dealkylation sites (tertiary alicyclic amines) is 1. The Labute approximate surface area is 151 Å². The fourth-order valence-corrected chi connectivity index (χ4v) is 4.77. The van der Waals surface area contributed by atoms with Crippen molar-refractivity contribution < 1.29 is 18.0 Å². The number of piperazine rings is 1. The fraction of sp³-hybridized carbons (Fsp3) is 0.882. The molecule has 2 heterocycles. The van der Waals surface area contributed by atoms with Crippen LogP contribution >= 0.6 is 0 Å². The van der Waals surface area contributed by atoms with Gasteiger partial charge in [0.1, 0.15) is 9.84 Å². The Morgan fingerprint density at radius 2 is 1.72 bits per heavy atom. The molecule has 2 rings (SSSR count). The van der Waals surface area contributed by atoms with Crippen molar-refractivity contribution in [3.05, 3.63) is 0 Å². The van der Waals surface area contributed by atoms with Crippen molar-refractivity contribution in [2.75, 3.05) is 51.3 Å². The lowest BCUT2D eigenvalue weighted by Gasteiger charge is -2.38. The van der Waals surface area contributed by atoms with Gasteiger partial charge in [0.05, 0.1) is 12.3 Å². The number of nitrogens with zero attached hydrogens (tertiary/aromatic N) is 3. The minimum atomic E-state index is -3.16. The van der Waals surface area contributed by atoms with Crippen LogP contribution in [0.15, 0.2) is 0 Å². The van der Waals surface area contributed by atoms with Crippen LogP contribution in [-0.4, -0.2) is 92.3 Å². The van der Waals surface area contributed by atoms with E-state index in [4.69, 9.17) is 0 Å². The first-order valence-electron chi connectivity index (χ1n) is 9.15. The molecule has 144 valence electrons. The third-order valence-electron chi connectivity index (χ3n) is 5.14. The molecule has 0 spiro atoms. The van der Waals surface area contributed by atoms with E-state index in [9.17, 15) is 18.0 Å². The zero-order chi connectivity index (χ0) is 18.6. The highest BCUT2D eigenvalue weighted by molar-refractivity contribution is 7.90. The van der Waals surface area contributed by atoms with Gasteiger partial charge in [-0.25, -0.2) is 8.42 Å². The Balaban J connectivity index is 1.79. The summed E-state index contributed by atoms with van der Waals surface area (Å²) < 4.78 is 22.7. The predicted octanol–water partition coefficient (Wildman–Crippen LogP) is 0.212. The summed E-state index contributed by atoms with van der Waals surface area (Å²) in [5, 5.41) is 0. The summed E-state index contributed by atoms with van der Waals surface area (Å²) in [4.78, 5) is 30.7. The first-order valence-corrected chi connectivity index (χ1v) is 11.2. The third-order valence-corrected chi connectivity index (χ3v) is 6.25. The van der Waals surface area contributed by atoms with Crippen LogP contribution in [0.3, 0.4) is 0 Å². The molecule has 2 unspecified atom stereocenters. The molecule has 8 heteroatoms. The van der Waals surface area contributed by atoms with Crippen LogP contribution in [0.1, 0.15) is 33.1 Å². The Morgan fingerprint density at radius 1 is 1.08 bits per heavy atom. The molecule has 25 heavy (non-hydrogen) atoms. The monoisotopic (exact) mass is 373 g/mol. The van der Waals surface area contributed by atoms with E-state index < -0.39 is 15.8 Å². The molecule has 7 nitrogen and oxygen atoms in total. The zero-order valence-corrected chi connectivity index (χ0v) is 16.4. The first-order chi connectivity index (χ1) is 11.7. The van der Waals surface area contributed by atoms with Gasteiger partial charge in [-0.3, -0.25) is 14.5 Å². The highest BCUT2D eigenvalue weighted by Crippen LogP contribution is 2.17. The van der Waals surface area contributed by atoms with Gasteiger partial charge in [0.15, 0.2) is 0 Å². The quantitative estimate of drug-likeness (QED) is 0.689. The SMILES string of the molecule is CC(CS(C)(=O)=O)C(=O)N1CCN(CC(=O)N2CCCCC2C)CC1. The molecule has 0 aromatic heterocycles. The zero-order valence-electron chi connectivity index (χ0n) is 15.6. The predicted molar refractivity (Wildman–Crippen MR) is 96.9 cm³/mol. The number of hydrogen-bond donors (Lipinski definition) is 0. The van der Waals surface area contributed by atoms with Crippen molar-refractivity contribution >= 4 is 21.7 Å². The Morgan fingerprint density at radius 3 is 2.28 bits per heavy atom. The second kappa shape index (κ2) is 8.49. The van der Waals surface area contributed by atoms with E-state index in [1.165, 1.54) is 6.42 Å². The van der Waals surface area contributed by atoms with E-state index in [-0.39, 0.29) is 17.6 Å². The molecule has 2 fully saturated rings. The largest absolute Gasteiger partial charge is 0.340 e. The highest BCUT2D eigenvalue weighted by atomic mass is 32.2. The molecule has 0 saturated carbocycles. The maximum Gasteiger partial charge on any atom is 0.236 e. The molecular weight excluding hydrogens is 342 g/mol. The molecule has 2 aliphatic heterocycles. The number of amides is 2. The average Bonchev–Trinajstić information content (AvgIpc) is 2.53. The normalized spacial score (nSPS) is 24.2. The maximum absolute atomic E-state index is 12.5. The Kier molecular flexibility index (Phi) is 6.85. The Bertz CT molecular complexity index is 585. The van der Waals surface area contributed by atoms with Gasteiger partial charge in [0, 0.05) is 50.9 Å². The van der Waals surface area contributed by atoms with Gasteiger partial charge < -0.3 is 9.80 Å². The van der Waals surface area contributed by atoms with Crippen molar-refractivity contribution in [2.24, 2.45) is 5.92 Å². The van der Waals surface area contributed by atoms with Crippen LogP contribution in [0.2, 0.25) is 0 Å². The van der Waals surface area contributed by atoms with Gasteiger partial charge in [0.25, 0.3) is 0 Å². The van der Waals surface area contributed by atoms with Crippen molar-refractivity contribution in [1.29, 1.82) is 0 Å². The number of rotatable bonds is 5. The van der Waals surface area contributed by atoms with E-state index in [1.54, 1.807) is 11.8 Å². The van der Waals surface area contributed by atoms with E-state index in [1.807, 2.05) is 4.90 Å². The van der Waals surface area contributed by atoms with Gasteiger partial charge in [0.2, 0.25) is 11.8 Å². The fourth-order valence-electron chi connectivity index (χ4n) is 3.71. The van der Waals surface area contributed by atoms with Crippen LogP contribution in [0, 0.1) is 5.92 Å². The molecule has 0 N–H and O–H groups in total. The lowest BCUT2D eigenvalue weighted by molar-refractivity contribution is -0.138. The topological polar surface area (TPSA) is 78.0 Å². The van der Waals surface area contributed by atoms with Crippen LogP contribution in [0.25, 0.3) is 0 Å². The molecule has 2 amide bonds. The number of carbonyl (C=O) groups is 2. The smallest absolute Gasteiger partial charge is 0.236 e. The molecular formula is C17H31N3O4S. The van der Waals surface area contributed by atoms with Crippen molar-refractivity contribution in [2.45, 2.75) is 39.2 Å². The number of hydrogen-bond acceptors (Lipinski definition) is 5. The third kappa shape index (κ3) is 5.95. The minimum absolute atomic E-state index is 0.110. The van der Waals surface area contributed by atoms with E-state index in [0.717, 1.165) is 25.6 Å². The molecule has 2 saturated heterocycles. The summed E-state index contributed by atoms with van der Waals surface area (Å²) in [5.74, 6) is -0.562. The lowest BCUT2D eigenvalue weighted by atomic mass is 10.0. The van der Waals surface area contributed by atoms with Gasteiger partial charge >= 0.3 is 0 Å². The van der Waals surface area contributed by atoms with Gasteiger partial charge in [-0.05, 0) is 26.2 Å². The summed E-state index contributed by atoms with van der Waals surface area (Å²) in [7, 11) is -3.16. The summed E-state index contributed by atoms with van der Waals surface area (Å²) >= 11 is 0. The molecule has 0 radical (unpaired) electrons. The molecule has 2 aliphatic rings. The molecule has 0 aromatic carbocycles. The number of piperidine rings is 1. The van der Waals surface area contributed by atoms with Gasteiger partial charge in [-0.15, -0.1) is 0 Å². The maximum atomic E-state index is 12.5. The van der Waals surface area contributed by atoms with Crippen molar-refractivity contribution in [3.63, 3.8) is 0 Å². The van der Waals surface area contributed by atoms with Crippen LogP contribution in [0.4, 0.5) is 0 Å². The van der Waals surface area contributed by atoms with Crippen LogP contribution < -0.4 is 0 Å². The van der Waals surface area contributed by atoms with Gasteiger partial charge in [-0.2, -0.15) is 0 Å². The Hall–Kier alpha value is -1.15. The number of sulfone groups is 1. The van der Waals surface area contributed by atoms with Crippen LogP contribution in [-0.2, 0) is 19.4 Å². The second-order valence-electron chi connectivity index (χ2n) is 7.53. The standard InChI is InChI=1S/C17H31N3O4S/c1-14(13-25(3,23)24)17(22)19-10-8-18(9-11-19)12-16(21)20-7-5-4-6-15(20)2/h14-15H,4-13H2,1-3H3. The highest BCUT2D eigenvalue weighted by Gasteiger charge is 2.29. The number of carbonyl (C=O) groups excluding carboxylic acids is 2. The summed E-state index contributed by atoms with van der Waals surface area (Å²) in [6, 6.07) is 0.320. The summed E-state index contributed by atoms with van der Waals surface area (Å²) in [6.07, 6.45) is 4.50. The lowest BCUT2D eigenvalue weighted by Crippen LogP contribution is -2.54. The van der Waals surface area contributed by atoms with Gasteiger partial charge in [-0.1, -0.05) is 6.92 Å². The second-order valence-corrected chi connectivity index (χ2v) is 9.71. The summed E-state index contributed by atoms with van der Waals surface area (Å²) in [6.45, 7) is 7.45. The first kappa shape index (κ1) is 20.2.